The predicted molar refractivity (Wildman–Crippen MR) is 52.1 cm³/mol. The second kappa shape index (κ2) is 5.71. The van der Waals surface area contributed by atoms with Crippen LogP contribution in [0.4, 0.5) is 13.2 Å². The van der Waals surface area contributed by atoms with Crippen LogP contribution in [0.1, 0.15) is 0 Å². The second-order valence-corrected chi connectivity index (χ2v) is 3.16. The summed E-state index contributed by atoms with van der Waals surface area (Å²) >= 11 is 0. The zero-order valence-electron chi connectivity index (χ0n) is 9.04. The normalized spacial score (nSPS) is 12.6. The highest BCUT2D eigenvalue weighted by molar-refractivity contribution is 6.03. The van der Waals surface area contributed by atoms with Crippen LogP contribution < -0.4 is 0 Å². The van der Waals surface area contributed by atoms with E-state index < -0.39 is 17.5 Å². The highest BCUT2D eigenvalue weighted by Crippen LogP contribution is 2.21. The topological polar surface area (TPSA) is 67.9 Å². The van der Waals surface area contributed by atoms with Crippen LogP contribution in [0.3, 0.4) is 0 Å². The first kappa shape index (κ1) is 14.7. The van der Waals surface area contributed by atoms with E-state index in [1.54, 1.807) is 20.2 Å². The Balaban J connectivity index is 5.37. The van der Waals surface area contributed by atoms with Crippen molar-refractivity contribution < 1.29 is 18.0 Å². The molecule has 17 heavy (non-hydrogen) atoms. The Morgan fingerprint density at radius 1 is 1.24 bits per heavy atom. The summed E-state index contributed by atoms with van der Waals surface area (Å²) in [7, 11) is 3.09. The second-order valence-electron chi connectivity index (χ2n) is 3.16. The summed E-state index contributed by atoms with van der Waals surface area (Å²) in [5.74, 6) is -2.26. The van der Waals surface area contributed by atoms with Crippen molar-refractivity contribution >= 4 is 5.78 Å². The summed E-state index contributed by atoms with van der Waals surface area (Å²) in [6, 6.07) is 2.70. The lowest BCUT2D eigenvalue weighted by molar-refractivity contribution is -0.166. The number of ketones is 1. The zero-order valence-corrected chi connectivity index (χ0v) is 9.04. The van der Waals surface area contributed by atoms with Gasteiger partial charge in [-0.05, 0) is 6.08 Å². The van der Waals surface area contributed by atoms with E-state index in [2.05, 4.69) is 0 Å². The van der Waals surface area contributed by atoms with Gasteiger partial charge in [0.1, 0.15) is 17.7 Å². The molecule has 0 fully saturated rings. The predicted octanol–water partition coefficient (Wildman–Crippen LogP) is 1.54. The summed E-state index contributed by atoms with van der Waals surface area (Å²) in [5.41, 5.74) is -1.34. The van der Waals surface area contributed by atoms with Gasteiger partial charge < -0.3 is 4.90 Å². The van der Waals surface area contributed by atoms with Crippen LogP contribution in [-0.2, 0) is 4.79 Å². The van der Waals surface area contributed by atoms with Gasteiger partial charge >= 0.3 is 6.18 Å². The molecule has 0 heterocycles. The first-order valence-electron chi connectivity index (χ1n) is 4.24. The minimum absolute atomic E-state index is 0.218. The van der Waals surface area contributed by atoms with Gasteiger partial charge in [0.05, 0.1) is 5.57 Å². The van der Waals surface area contributed by atoms with Gasteiger partial charge in [-0.15, -0.1) is 0 Å². The molecule has 0 radical (unpaired) electrons. The minimum atomic E-state index is -5.12. The molecule has 0 saturated carbocycles. The van der Waals surface area contributed by atoms with Gasteiger partial charge in [0.2, 0.25) is 0 Å². The van der Waals surface area contributed by atoms with E-state index in [1.807, 2.05) is 0 Å². The van der Waals surface area contributed by atoms with Crippen molar-refractivity contribution in [3.8, 4) is 12.1 Å². The van der Waals surface area contributed by atoms with Crippen LogP contribution in [0.2, 0.25) is 0 Å². The summed E-state index contributed by atoms with van der Waals surface area (Å²) < 4.78 is 36.1. The molecule has 0 amide bonds. The summed E-state index contributed by atoms with van der Waals surface area (Å²) in [6.07, 6.45) is -3.32. The van der Waals surface area contributed by atoms with E-state index in [9.17, 15) is 18.0 Å². The largest absolute Gasteiger partial charge is 0.455 e. The Kier molecular flexibility index (Phi) is 4.94. The fourth-order valence-electron chi connectivity index (χ4n) is 0.833. The third-order valence-corrected chi connectivity index (χ3v) is 1.45. The van der Waals surface area contributed by atoms with Crippen molar-refractivity contribution in [1.82, 2.24) is 4.90 Å². The number of rotatable bonds is 3. The molecule has 0 aliphatic rings. The molecule has 7 heteroatoms. The van der Waals surface area contributed by atoms with Gasteiger partial charge in [-0.1, -0.05) is 0 Å². The third-order valence-electron chi connectivity index (χ3n) is 1.45. The number of hydrogen-bond donors (Lipinski definition) is 0. The summed E-state index contributed by atoms with van der Waals surface area (Å²) in [6.45, 7) is 0. The van der Waals surface area contributed by atoms with Gasteiger partial charge in [0, 0.05) is 20.3 Å². The molecule has 0 unspecified atom stereocenters. The number of nitrogens with zero attached hydrogens (tertiary/aromatic N) is 3. The lowest BCUT2D eigenvalue weighted by Gasteiger charge is -2.05. The van der Waals surface area contributed by atoms with Gasteiger partial charge in [-0.25, -0.2) is 0 Å². The molecule has 4 nitrogen and oxygen atoms in total. The summed E-state index contributed by atoms with van der Waals surface area (Å²) in [5, 5.41) is 17.1. The Labute approximate surface area is 95.8 Å². The molecular formula is C10H8F3N3O. The Morgan fingerprint density at radius 2 is 1.76 bits per heavy atom. The molecule has 0 saturated heterocycles. The zero-order chi connectivity index (χ0) is 13.6. The Hall–Kier alpha value is -2.28. The molecule has 90 valence electrons. The van der Waals surface area contributed by atoms with E-state index in [-0.39, 0.29) is 5.57 Å². The molecule has 0 rings (SSSR count). The Bertz CT molecular complexity index is 447. The maximum atomic E-state index is 12.0. The lowest BCUT2D eigenvalue weighted by Crippen LogP contribution is -2.24. The smallest absolute Gasteiger partial charge is 0.382 e. The van der Waals surface area contributed by atoms with E-state index in [1.165, 1.54) is 11.1 Å². The van der Waals surface area contributed by atoms with Gasteiger partial charge in [0.15, 0.2) is 0 Å². The Morgan fingerprint density at radius 3 is 2.06 bits per heavy atom. The molecule has 0 N–H and O–H groups in total. The maximum absolute atomic E-state index is 12.0. The van der Waals surface area contributed by atoms with Crippen molar-refractivity contribution in [2.75, 3.05) is 14.1 Å². The van der Waals surface area contributed by atoms with Crippen molar-refractivity contribution in [2.24, 2.45) is 0 Å². The third kappa shape index (κ3) is 4.85. The quantitative estimate of drug-likeness (QED) is 0.428. The van der Waals surface area contributed by atoms with Gasteiger partial charge in [-0.2, -0.15) is 23.7 Å². The SMILES string of the molecule is CN(C)C=C(C#N)C=C(C#N)C(=O)C(F)(F)F. The molecule has 0 aromatic rings. The summed E-state index contributed by atoms with van der Waals surface area (Å²) in [4.78, 5) is 12.2. The van der Waals surface area contributed by atoms with Crippen LogP contribution >= 0.6 is 0 Å². The number of halogens is 3. The van der Waals surface area contributed by atoms with E-state index in [4.69, 9.17) is 10.5 Å². The van der Waals surface area contributed by atoms with E-state index in [0.29, 0.717) is 6.08 Å². The molecule has 0 spiro atoms. The number of carbonyl (C=O) groups excluding carboxylic acids is 1. The fourth-order valence-corrected chi connectivity index (χ4v) is 0.833. The van der Waals surface area contributed by atoms with Crippen LogP contribution in [0.15, 0.2) is 23.4 Å². The van der Waals surface area contributed by atoms with Crippen LogP contribution in [0.5, 0.6) is 0 Å². The molecular weight excluding hydrogens is 235 g/mol. The minimum Gasteiger partial charge on any atom is -0.382 e. The van der Waals surface area contributed by atoms with Crippen LogP contribution in [0.25, 0.3) is 0 Å². The molecule has 0 aliphatic heterocycles. The maximum Gasteiger partial charge on any atom is 0.455 e. The standard InChI is InChI=1S/C10H8F3N3O/c1-16(2)6-7(4-14)3-8(5-15)9(17)10(11,12)13/h3,6H,1-2H3. The number of nitriles is 2. The van der Waals surface area contributed by atoms with Crippen molar-refractivity contribution in [2.45, 2.75) is 6.18 Å². The van der Waals surface area contributed by atoms with Crippen LogP contribution in [0, 0.1) is 22.7 Å². The highest BCUT2D eigenvalue weighted by atomic mass is 19.4. The van der Waals surface area contributed by atoms with Gasteiger partial charge in [-0.3, -0.25) is 4.79 Å². The average Bonchev–Trinajstić information content (AvgIpc) is 2.21. The number of allylic oxidation sites excluding steroid dienone is 3. The van der Waals surface area contributed by atoms with E-state index in [0.717, 1.165) is 6.07 Å². The molecule has 0 aromatic heterocycles. The molecule has 0 aliphatic carbocycles. The first-order valence-corrected chi connectivity index (χ1v) is 4.24. The molecule has 0 bridgehead atoms. The lowest BCUT2D eigenvalue weighted by atomic mass is 10.1. The average molecular weight is 243 g/mol. The molecule has 0 atom stereocenters. The van der Waals surface area contributed by atoms with Crippen molar-refractivity contribution in [1.29, 1.82) is 10.5 Å². The monoisotopic (exact) mass is 243 g/mol. The van der Waals surface area contributed by atoms with Crippen LogP contribution in [-0.4, -0.2) is 31.0 Å². The number of alkyl halides is 3. The number of hydrogen-bond acceptors (Lipinski definition) is 4. The first-order chi connectivity index (χ1) is 7.72. The van der Waals surface area contributed by atoms with Gasteiger partial charge in [0.25, 0.3) is 5.78 Å². The highest BCUT2D eigenvalue weighted by Gasteiger charge is 2.40. The number of carbonyl (C=O) groups is 1. The van der Waals surface area contributed by atoms with E-state index >= 15 is 0 Å². The van der Waals surface area contributed by atoms with Crippen molar-refractivity contribution in [3.05, 3.63) is 23.4 Å². The molecule has 0 aromatic carbocycles. The number of Topliss-reactive ketones (excluding diaryl/α,β-unsaturated/α-hetero) is 1. The van der Waals surface area contributed by atoms with Crippen molar-refractivity contribution in [3.63, 3.8) is 0 Å². The fraction of sp³-hybridized carbons (Fsp3) is 0.300.